The predicted molar refractivity (Wildman–Crippen MR) is 102 cm³/mol. The second-order valence-electron chi connectivity index (χ2n) is 6.85. The second-order valence-corrected chi connectivity index (χ2v) is 8.08. The Balaban J connectivity index is 2.12. The van der Waals surface area contributed by atoms with Gasteiger partial charge < -0.3 is 19.9 Å². The summed E-state index contributed by atoms with van der Waals surface area (Å²) in [6.45, 7) is 4.81. The Bertz CT molecular complexity index is 641. The molecule has 1 aromatic rings. The van der Waals surface area contributed by atoms with Crippen LogP contribution < -0.4 is 14.8 Å². The van der Waals surface area contributed by atoms with Gasteiger partial charge in [-0.1, -0.05) is 13.8 Å². The van der Waals surface area contributed by atoms with Crippen molar-refractivity contribution in [1.29, 1.82) is 0 Å². The van der Waals surface area contributed by atoms with Gasteiger partial charge in [0.05, 0.1) is 13.7 Å². The quantitative estimate of drug-likeness (QED) is 0.719. The molecule has 0 spiro atoms. The third kappa shape index (κ3) is 5.06. The van der Waals surface area contributed by atoms with Crippen molar-refractivity contribution >= 4 is 23.6 Å². The number of ether oxygens (including phenoxy) is 2. The van der Waals surface area contributed by atoms with E-state index in [1.165, 1.54) is 7.11 Å². The van der Waals surface area contributed by atoms with Gasteiger partial charge in [-0.05, 0) is 54.9 Å². The molecule has 0 unspecified atom stereocenters. The Kier molecular flexibility index (Phi) is 7.20. The van der Waals surface area contributed by atoms with Crippen molar-refractivity contribution in [2.45, 2.75) is 38.6 Å². The predicted octanol–water partition coefficient (Wildman–Crippen LogP) is 3.20. The summed E-state index contributed by atoms with van der Waals surface area (Å²) >= 11 is 1.70. The molecule has 0 aromatic heterocycles. The first-order valence-corrected chi connectivity index (χ1v) is 9.98. The van der Waals surface area contributed by atoms with Crippen molar-refractivity contribution in [3.63, 3.8) is 0 Å². The van der Waals surface area contributed by atoms with E-state index in [4.69, 9.17) is 9.47 Å². The number of carboxylic acid groups (broad SMARTS) is 1. The molecule has 1 amide bonds. The van der Waals surface area contributed by atoms with Crippen LogP contribution in [0.1, 0.15) is 43.5 Å². The van der Waals surface area contributed by atoms with E-state index in [1.54, 1.807) is 30.0 Å². The number of methoxy groups -OCH3 is 1. The van der Waals surface area contributed by atoms with E-state index in [0.29, 0.717) is 42.4 Å². The molecule has 2 N–H and O–H groups in total. The Hall–Kier alpha value is -1.89. The van der Waals surface area contributed by atoms with Crippen molar-refractivity contribution in [2.75, 3.05) is 25.2 Å². The maximum absolute atomic E-state index is 12.6. The van der Waals surface area contributed by atoms with Crippen LogP contribution in [0.2, 0.25) is 0 Å². The van der Waals surface area contributed by atoms with Crippen molar-refractivity contribution in [1.82, 2.24) is 5.32 Å². The Labute approximate surface area is 158 Å². The minimum Gasteiger partial charge on any atom is -0.493 e. The van der Waals surface area contributed by atoms with Gasteiger partial charge in [-0.15, -0.1) is 0 Å². The second kappa shape index (κ2) is 9.16. The smallest absolute Gasteiger partial charge is 0.329 e. The summed E-state index contributed by atoms with van der Waals surface area (Å²) in [7, 11) is 1.52. The number of carboxylic acids is 1. The topological polar surface area (TPSA) is 84.9 Å². The third-order valence-electron chi connectivity index (χ3n) is 4.49. The lowest BCUT2D eigenvalue weighted by atomic mass is 9.92. The zero-order valence-corrected chi connectivity index (χ0v) is 16.4. The molecule has 1 aliphatic rings. The van der Waals surface area contributed by atoms with Gasteiger partial charge in [-0.2, -0.15) is 11.8 Å². The Morgan fingerprint density at radius 3 is 2.54 bits per heavy atom. The van der Waals surface area contributed by atoms with Crippen LogP contribution in [0.3, 0.4) is 0 Å². The van der Waals surface area contributed by atoms with Crippen molar-refractivity contribution in [3.05, 3.63) is 23.8 Å². The van der Waals surface area contributed by atoms with E-state index in [2.05, 4.69) is 19.2 Å². The van der Waals surface area contributed by atoms with Crippen LogP contribution in [-0.2, 0) is 4.79 Å². The fraction of sp³-hybridized carbons (Fsp3) is 0.579. The lowest BCUT2D eigenvalue weighted by molar-refractivity contribution is -0.144. The number of thioether (sulfide) groups is 1. The summed E-state index contributed by atoms with van der Waals surface area (Å²) in [5.74, 6) is 1.62. The van der Waals surface area contributed by atoms with Gasteiger partial charge in [0.1, 0.15) is 5.54 Å². The van der Waals surface area contributed by atoms with E-state index >= 15 is 0 Å². The van der Waals surface area contributed by atoms with Crippen LogP contribution in [0, 0.1) is 5.92 Å². The molecule has 2 rings (SSSR count). The summed E-state index contributed by atoms with van der Waals surface area (Å²) < 4.78 is 11.1. The fourth-order valence-corrected chi connectivity index (χ4v) is 3.92. The molecule has 0 saturated carbocycles. The molecule has 1 fully saturated rings. The van der Waals surface area contributed by atoms with Crippen molar-refractivity contribution in [3.8, 4) is 11.5 Å². The first-order valence-electron chi connectivity index (χ1n) is 8.82. The highest BCUT2D eigenvalue weighted by Gasteiger charge is 2.41. The largest absolute Gasteiger partial charge is 0.493 e. The molecule has 1 aromatic carbocycles. The lowest BCUT2D eigenvalue weighted by Gasteiger charge is -2.33. The summed E-state index contributed by atoms with van der Waals surface area (Å²) in [6.07, 6.45) is 1.77. The maximum Gasteiger partial charge on any atom is 0.329 e. The molecule has 1 heterocycles. The maximum atomic E-state index is 12.6. The van der Waals surface area contributed by atoms with E-state index in [9.17, 15) is 14.7 Å². The number of hydrogen-bond acceptors (Lipinski definition) is 5. The lowest BCUT2D eigenvalue weighted by Crippen LogP contribution is -2.56. The highest BCUT2D eigenvalue weighted by Crippen LogP contribution is 2.30. The number of benzene rings is 1. The van der Waals surface area contributed by atoms with E-state index in [-0.39, 0.29) is 0 Å². The molecule has 0 bridgehead atoms. The van der Waals surface area contributed by atoms with Gasteiger partial charge >= 0.3 is 5.97 Å². The molecule has 0 atom stereocenters. The number of aliphatic carboxylic acids is 1. The molecule has 6 nitrogen and oxygen atoms in total. The van der Waals surface area contributed by atoms with Gasteiger partial charge in [0, 0.05) is 5.56 Å². The average molecular weight is 381 g/mol. The molecule has 7 heteroatoms. The van der Waals surface area contributed by atoms with Crippen LogP contribution in [-0.4, -0.2) is 47.7 Å². The SMILES string of the molecule is COc1cc(C(=O)NC2(C(=O)O)CCSCC2)ccc1OCCC(C)C. The normalized spacial score (nSPS) is 16.2. The van der Waals surface area contributed by atoms with Gasteiger partial charge in [-0.3, -0.25) is 4.79 Å². The minimum absolute atomic E-state index is 0.358. The molecule has 1 saturated heterocycles. The summed E-state index contributed by atoms with van der Waals surface area (Å²) in [5, 5.41) is 12.3. The monoisotopic (exact) mass is 381 g/mol. The number of nitrogens with one attached hydrogen (secondary N) is 1. The standard InChI is InChI=1S/C19H27NO5S/c1-13(2)6-9-25-15-5-4-14(12-16(15)24-3)17(21)20-19(18(22)23)7-10-26-11-8-19/h4-5,12-13H,6-11H2,1-3H3,(H,20,21)(H,22,23). The van der Waals surface area contributed by atoms with Gasteiger partial charge in [0.15, 0.2) is 11.5 Å². The first kappa shape index (κ1) is 20.4. The van der Waals surface area contributed by atoms with Crippen LogP contribution >= 0.6 is 11.8 Å². The molecule has 0 radical (unpaired) electrons. The van der Waals surface area contributed by atoms with Crippen LogP contribution in [0.25, 0.3) is 0 Å². The van der Waals surface area contributed by atoms with E-state index in [1.807, 2.05) is 0 Å². The number of rotatable bonds is 8. The van der Waals surface area contributed by atoms with E-state index in [0.717, 1.165) is 17.9 Å². The van der Waals surface area contributed by atoms with Gasteiger partial charge in [0.2, 0.25) is 0 Å². The minimum atomic E-state index is -1.19. The van der Waals surface area contributed by atoms with Crippen LogP contribution in [0.4, 0.5) is 0 Å². The zero-order chi connectivity index (χ0) is 19.2. The highest BCUT2D eigenvalue weighted by atomic mass is 32.2. The fourth-order valence-electron chi connectivity index (χ4n) is 2.73. The van der Waals surface area contributed by atoms with Crippen LogP contribution in [0.15, 0.2) is 18.2 Å². The Morgan fingerprint density at radius 1 is 1.27 bits per heavy atom. The van der Waals surface area contributed by atoms with Crippen molar-refractivity contribution < 1.29 is 24.2 Å². The van der Waals surface area contributed by atoms with Crippen molar-refractivity contribution in [2.24, 2.45) is 5.92 Å². The van der Waals surface area contributed by atoms with Crippen LogP contribution in [0.5, 0.6) is 11.5 Å². The Morgan fingerprint density at radius 2 is 1.96 bits per heavy atom. The number of amides is 1. The summed E-state index contributed by atoms with van der Waals surface area (Å²) in [6, 6.07) is 4.92. The molecule has 1 aliphatic heterocycles. The third-order valence-corrected chi connectivity index (χ3v) is 5.47. The molecule has 144 valence electrons. The molecule has 26 heavy (non-hydrogen) atoms. The summed E-state index contributed by atoms with van der Waals surface area (Å²) in [5.41, 5.74) is -0.834. The number of hydrogen-bond donors (Lipinski definition) is 2. The molecule has 0 aliphatic carbocycles. The zero-order valence-electron chi connectivity index (χ0n) is 15.5. The van der Waals surface area contributed by atoms with E-state index < -0.39 is 17.4 Å². The van der Waals surface area contributed by atoms with Gasteiger partial charge in [0.25, 0.3) is 5.91 Å². The first-order chi connectivity index (χ1) is 12.4. The van der Waals surface area contributed by atoms with Gasteiger partial charge in [-0.25, -0.2) is 4.79 Å². The average Bonchev–Trinajstić information content (AvgIpc) is 2.62. The summed E-state index contributed by atoms with van der Waals surface area (Å²) in [4.78, 5) is 24.4. The number of carbonyl (C=O) groups is 2. The molecular weight excluding hydrogens is 354 g/mol. The highest BCUT2D eigenvalue weighted by molar-refractivity contribution is 7.99. The number of carbonyl (C=O) groups excluding carboxylic acids is 1. The molecular formula is C19H27NO5S.